The smallest absolute Gasteiger partial charge is 0.135 e. The summed E-state index contributed by atoms with van der Waals surface area (Å²) in [5.41, 5.74) is 3.08. The van der Waals surface area contributed by atoms with Gasteiger partial charge in [-0.25, -0.2) is 0 Å². The fourth-order valence-electron chi connectivity index (χ4n) is 1.87. The van der Waals surface area contributed by atoms with Gasteiger partial charge in [-0.3, -0.25) is 19.6 Å². The van der Waals surface area contributed by atoms with Crippen molar-refractivity contribution in [3.05, 3.63) is 24.3 Å². The first-order valence-corrected chi connectivity index (χ1v) is 6.54. The number of carbonyl (C=O) groups excluding carboxylic acids is 2. The molecule has 0 aliphatic carbocycles. The molecule has 0 atom stereocenters. The Bertz CT molecular complexity index is 524. The third kappa shape index (κ3) is 6.18. The summed E-state index contributed by atoms with van der Waals surface area (Å²) in [7, 11) is 0. The van der Waals surface area contributed by atoms with Crippen LogP contribution >= 0.6 is 0 Å². The second kappa shape index (κ2) is 7.48. The molecule has 0 amide bonds. The minimum Gasteiger partial charge on any atom is -0.300 e. The highest BCUT2D eigenvalue weighted by molar-refractivity contribution is 6.01. The Morgan fingerprint density at radius 2 is 1.25 bits per heavy atom. The van der Waals surface area contributed by atoms with Crippen LogP contribution in [0.15, 0.2) is 34.3 Å². The van der Waals surface area contributed by atoms with Gasteiger partial charge in [0.15, 0.2) is 0 Å². The number of carbonyl (C=O) groups is 2. The van der Waals surface area contributed by atoms with E-state index in [4.69, 9.17) is 0 Å². The van der Waals surface area contributed by atoms with E-state index in [1.807, 2.05) is 38.1 Å². The number of ketones is 2. The zero-order valence-corrected chi connectivity index (χ0v) is 12.4. The van der Waals surface area contributed by atoms with E-state index in [1.165, 1.54) is 0 Å². The van der Waals surface area contributed by atoms with Crippen molar-refractivity contribution in [3.63, 3.8) is 0 Å². The highest BCUT2D eigenvalue weighted by atomic mass is 16.1. The number of hydrogen-bond acceptors (Lipinski definition) is 4. The van der Waals surface area contributed by atoms with Crippen LogP contribution in [-0.2, 0) is 9.59 Å². The van der Waals surface area contributed by atoms with E-state index in [9.17, 15) is 9.59 Å². The van der Waals surface area contributed by atoms with Gasteiger partial charge < -0.3 is 0 Å². The molecule has 4 heteroatoms. The van der Waals surface area contributed by atoms with Crippen LogP contribution in [0, 0.1) is 0 Å². The van der Waals surface area contributed by atoms with Gasteiger partial charge in [-0.2, -0.15) is 0 Å². The molecule has 1 rings (SSSR count). The first-order valence-electron chi connectivity index (χ1n) is 6.54. The van der Waals surface area contributed by atoms with E-state index in [-0.39, 0.29) is 11.6 Å². The van der Waals surface area contributed by atoms with E-state index in [0.717, 1.165) is 22.8 Å². The van der Waals surface area contributed by atoms with Crippen LogP contribution < -0.4 is 0 Å². The highest BCUT2D eigenvalue weighted by Gasteiger charge is 2.00. The minimum absolute atomic E-state index is 0.0951. The van der Waals surface area contributed by atoms with E-state index >= 15 is 0 Å². The van der Waals surface area contributed by atoms with E-state index in [2.05, 4.69) is 9.98 Å². The predicted molar refractivity (Wildman–Crippen MR) is 82.6 cm³/mol. The molecule has 0 saturated carbocycles. The number of hydrogen-bond donors (Lipinski definition) is 0. The maximum Gasteiger partial charge on any atom is 0.135 e. The molecule has 0 spiro atoms. The summed E-state index contributed by atoms with van der Waals surface area (Å²) in [4.78, 5) is 30.8. The van der Waals surface area contributed by atoms with E-state index in [1.54, 1.807) is 13.8 Å². The lowest BCUT2D eigenvalue weighted by Gasteiger charge is -2.01. The molecule has 0 aromatic heterocycles. The lowest BCUT2D eigenvalue weighted by Crippen LogP contribution is -1.99. The van der Waals surface area contributed by atoms with Crippen LogP contribution in [-0.4, -0.2) is 23.0 Å². The van der Waals surface area contributed by atoms with Crippen LogP contribution in [0.2, 0.25) is 0 Å². The van der Waals surface area contributed by atoms with Crippen molar-refractivity contribution in [1.29, 1.82) is 0 Å². The SMILES string of the molecule is CC(=O)CC(C)=Nc1cccc(N=C(C)CC(C)=O)c1. The topological polar surface area (TPSA) is 58.9 Å². The molecule has 0 saturated heterocycles. The molecule has 0 heterocycles. The Kier molecular flexibility index (Phi) is 5.97. The Morgan fingerprint density at radius 1 is 0.850 bits per heavy atom. The Labute approximate surface area is 119 Å². The van der Waals surface area contributed by atoms with Crippen molar-refractivity contribution in [2.24, 2.45) is 9.98 Å². The Morgan fingerprint density at radius 3 is 1.60 bits per heavy atom. The summed E-state index contributed by atoms with van der Waals surface area (Å²) in [6.45, 7) is 6.76. The zero-order chi connectivity index (χ0) is 15.1. The number of Topliss-reactive ketones (excluding diaryl/α,β-unsaturated/α-hetero) is 2. The molecule has 1 aromatic carbocycles. The van der Waals surface area contributed by atoms with Crippen LogP contribution in [0.1, 0.15) is 40.5 Å². The van der Waals surface area contributed by atoms with Crippen LogP contribution in [0.4, 0.5) is 11.4 Å². The Hall–Kier alpha value is -2.10. The zero-order valence-electron chi connectivity index (χ0n) is 12.4. The molecule has 0 aliphatic rings. The molecule has 0 unspecified atom stereocenters. The number of aliphatic imine (C=N–C) groups is 2. The van der Waals surface area contributed by atoms with Crippen molar-refractivity contribution in [3.8, 4) is 0 Å². The summed E-state index contributed by atoms with van der Waals surface area (Å²) in [6, 6.07) is 7.43. The highest BCUT2D eigenvalue weighted by Crippen LogP contribution is 2.21. The van der Waals surface area contributed by atoms with Gasteiger partial charge in [0.2, 0.25) is 0 Å². The molecular formula is C16H20N2O2. The number of benzene rings is 1. The van der Waals surface area contributed by atoms with Gasteiger partial charge in [-0.05, 0) is 45.9 Å². The average molecular weight is 272 g/mol. The summed E-state index contributed by atoms with van der Waals surface area (Å²) < 4.78 is 0. The van der Waals surface area contributed by atoms with Gasteiger partial charge in [-0.1, -0.05) is 6.07 Å². The standard InChI is InChI=1S/C16H20N2O2/c1-11(8-13(3)19)17-15-6-5-7-16(10-15)18-12(2)9-14(4)20/h5-7,10H,8-9H2,1-4H3. The van der Waals surface area contributed by atoms with Gasteiger partial charge in [-0.15, -0.1) is 0 Å². The average Bonchev–Trinajstić information content (AvgIpc) is 2.26. The summed E-state index contributed by atoms with van der Waals surface area (Å²) in [5.74, 6) is 0.190. The molecule has 106 valence electrons. The van der Waals surface area contributed by atoms with Crippen molar-refractivity contribution >= 4 is 34.4 Å². The quantitative estimate of drug-likeness (QED) is 0.739. The van der Waals surface area contributed by atoms with Crippen LogP contribution in [0.3, 0.4) is 0 Å². The molecule has 1 aromatic rings. The molecule has 0 bridgehead atoms. The summed E-state index contributed by atoms with van der Waals surface area (Å²) >= 11 is 0. The first-order chi connectivity index (χ1) is 9.36. The normalized spacial score (nSPS) is 12.4. The fraction of sp³-hybridized carbons (Fsp3) is 0.375. The molecule has 4 nitrogen and oxygen atoms in total. The molecule has 0 fully saturated rings. The van der Waals surface area contributed by atoms with Gasteiger partial charge >= 0.3 is 0 Å². The predicted octanol–water partition coefficient (Wildman–Crippen LogP) is 3.83. The lowest BCUT2D eigenvalue weighted by atomic mass is 10.2. The Balaban J connectivity index is 2.91. The molecule has 0 aliphatic heterocycles. The number of nitrogens with zero attached hydrogens (tertiary/aromatic N) is 2. The molecule has 0 N–H and O–H groups in total. The molecular weight excluding hydrogens is 252 g/mol. The monoisotopic (exact) mass is 272 g/mol. The van der Waals surface area contributed by atoms with E-state index < -0.39 is 0 Å². The van der Waals surface area contributed by atoms with Crippen molar-refractivity contribution in [2.45, 2.75) is 40.5 Å². The van der Waals surface area contributed by atoms with Gasteiger partial charge in [0.1, 0.15) is 11.6 Å². The molecule has 20 heavy (non-hydrogen) atoms. The maximum absolute atomic E-state index is 11.0. The molecule has 0 radical (unpaired) electrons. The second-order valence-corrected chi connectivity index (χ2v) is 4.97. The third-order valence-electron chi connectivity index (χ3n) is 2.48. The summed E-state index contributed by atoms with van der Waals surface area (Å²) in [6.07, 6.45) is 0.716. The third-order valence-corrected chi connectivity index (χ3v) is 2.48. The maximum atomic E-state index is 11.0. The van der Waals surface area contributed by atoms with Gasteiger partial charge in [0, 0.05) is 24.3 Å². The van der Waals surface area contributed by atoms with Crippen molar-refractivity contribution < 1.29 is 9.59 Å². The minimum atomic E-state index is 0.0951. The van der Waals surface area contributed by atoms with Gasteiger partial charge in [0.05, 0.1) is 11.4 Å². The second-order valence-electron chi connectivity index (χ2n) is 4.97. The van der Waals surface area contributed by atoms with Crippen molar-refractivity contribution in [1.82, 2.24) is 0 Å². The number of rotatable bonds is 6. The largest absolute Gasteiger partial charge is 0.300 e. The van der Waals surface area contributed by atoms with Crippen LogP contribution in [0.25, 0.3) is 0 Å². The van der Waals surface area contributed by atoms with E-state index in [0.29, 0.717) is 12.8 Å². The fourth-order valence-corrected chi connectivity index (χ4v) is 1.87. The van der Waals surface area contributed by atoms with Crippen molar-refractivity contribution in [2.75, 3.05) is 0 Å². The lowest BCUT2D eigenvalue weighted by molar-refractivity contribution is -0.116. The van der Waals surface area contributed by atoms with Crippen LogP contribution in [0.5, 0.6) is 0 Å². The van der Waals surface area contributed by atoms with Gasteiger partial charge in [0.25, 0.3) is 0 Å². The summed E-state index contributed by atoms with van der Waals surface area (Å²) in [5, 5.41) is 0. The first kappa shape index (κ1) is 16.0.